The number of hydrogen-bond acceptors (Lipinski definition) is 5. The molecular formula is C27H25N3O5. The second-order valence-corrected chi connectivity index (χ2v) is 9.68. The van der Waals surface area contributed by atoms with Crippen molar-refractivity contribution >= 4 is 22.7 Å². The van der Waals surface area contributed by atoms with E-state index in [1.165, 1.54) is 0 Å². The minimum atomic E-state index is -0.725. The SMILES string of the molecule is O=C(NCCc1c[nH]c2ccccc12)C1C2C(=O)N(Cc3ccc4c(c3)OCO4)CC23C=C[C@@H]1O3. The van der Waals surface area contributed by atoms with Crippen molar-refractivity contribution in [3.05, 3.63) is 71.9 Å². The molecule has 2 fully saturated rings. The van der Waals surface area contributed by atoms with Crippen LogP contribution in [0.25, 0.3) is 10.9 Å². The molecule has 2 bridgehead atoms. The van der Waals surface area contributed by atoms with Gasteiger partial charge in [0.25, 0.3) is 0 Å². The van der Waals surface area contributed by atoms with Gasteiger partial charge in [-0.2, -0.15) is 0 Å². The number of hydrogen-bond donors (Lipinski definition) is 2. The molecule has 1 spiro atoms. The van der Waals surface area contributed by atoms with Crippen molar-refractivity contribution < 1.29 is 23.8 Å². The molecule has 0 saturated carbocycles. The summed E-state index contributed by atoms with van der Waals surface area (Å²) < 4.78 is 17.1. The number of benzene rings is 2. The molecule has 35 heavy (non-hydrogen) atoms. The Kier molecular flexibility index (Phi) is 4.48. The third-order valence-corrected chi connectivity index (χ3v) is 7.66. The lowest BCUT2D eigenvalue weighted by Crippen LogP contribution is -2.44. The fourth-order valence-corrected chi connectivity index (χ4v) is 6.05. The molecule has 3 aromatic rings. The van der Waals surface area contributed by atoms with Crippen molar-refractivity contribution in [1.82, 2.24) is 15.2 Å². The van der Waals surface area contributed by atoms with Gasteiger partial charge in [-0.15, -0.1) is 0 Å². The molecule has 4 aliphatic heterocycles. The number of nitrogens with zero attached hydrogens (tertiary/aromatic N) is 1. The van der Waals surface area contributed by atoms with E-state index in [2.05, 4.69) is 16.4 Å². The van der Waals surface area contributed by atoms with Gasteiger partial charge in [0.2, 0.25) is 18.6 Å². The lowest BCUT2D eigenvalue weighted by atomic mass is 9.77. The van der Waals surface area contributed by atoms with Crippen molar-refractivity contribution in [3.8, 4) is 11.5 Å². The molecule has 2 N–H and O–H groups in total. The van der Waals surface area contributed by atoms with Gasteiger partial charge in [-0.1, -0.05) is 36.4 Å². The van der Waals surface area contributed by atoms with Gasteiger partial charge in [-0.05, 0) is 35.7 Å². The second-order valence-electron chi connectivity index (χ2n) is 9.68. The Morgan fingerprint density at radius 1 is 1.17 bits per heavy atom. The first-order chi connectivity index (χ1) is 17.1. The number of ether oxygens (including phenoxy) is 3. The lowest BCUT2D eigenvalue weighted by molar-refractivity contribution is -0.137. The number of aromatic amines is 1. The molecule has 0 radical (unpaired) electrons. The highest BCUT2D eigenvalue weighted by Crippen LogP contribution is 2.52. The molecule has 4 atom stereocenters. The Bertz CT molecular complexity index is 1380. The second kappa shape index (κ2) is 7.61. The Balaban J connectivity index is 1.04. The number of amides is 2. The summed E-state index contributed by atoms with van der Waals surface area (Å²) in [4.78, 5) is 31.8. The molecule has 8 nitrogen and oxygen atoms in total. The first kappa shape index (κ1) is 20.6. The first-order valence-electron chi connectivity index (χ1n) is 12.0. The zero-order chi connectivity index (χ0) is 23.6. The monoisotopic (exact) mass is 471 g/mol. The van der Waals surface area contributed by atoms with Gasteiger partial charge < -0.3 is 29.4 Å². The number of rotatable bonds is 6. The van der Waals surface area contributed by atoms with E-state index in [0.717, 1.165) is 22.0 Å². The maximum atomic E-state index is 13.5. The van der Waals surface area contributed by atoms with E-state index >= 15 is 0 Å². The number of fused-ring (bicyclic) bond motifs is 3. The Morgan fingerprint density at radius 2 is 2.06 bits per heavy atom. The normalized spacial score (nSPS) is 27.7. The Hall–Kier alpha value is -3.78. The Labute approximate surface area is 201 Å². The predicted molar refractivity (Wildman–Crippen MR) is 127 cm³/mol. The fourth-order valence-electron chi connectivity index (χ4n) is 6.05. The quantitative estimate of drug-likeness (QED) is 0.539. The van der Waals surface area contributed by atoms with Crippen LogP contribution in [0.1, 0.15) is 11.1 Å². The molecule has 1 aromatic heterocycles. The molecule has 5 heterocycles. The van der Waals surface area contributed by atoms with Gasteiger partial charge in [-0.3, -0.25) is 9.59 Å². The molecule has 178 valence electrons. The number of carbonyl (C=O) groups is 2. The van der Waals surface area contributed by atoms with Gasteiger partial charge in [-0.25, -0.2) is 0 Å². The van der Waals surface area contributed by atoms with E-state index in [9.17, 15) is 9.59 Å². The van der Waals surface area contributed by atoms with Crippen LogP contribution in [0, 0.1) is 11.8 Å². The maximum absolute atomic E-state index is 13.5. The van der Waals surface area contributed by atoms with Crippen molar-refractivity contribution in [1.29, 1.82) is 0 Å². The number of aromatic nitrogens is 1. The van der Waals surface area contributed by atoms with Crippen LogP contribution in [0.5, 0.6) is 11.5 Å². The van der Waals surface area contributed by atoms with E-state index in [4.69, 9.17) is 14.2 Å². The van der Waals surface area contributed by atoms with Crippen LogP contribution in [-0.4, -0.2) is 53.3 Å². The lowest BCUT2D eigenvalue weighted by Gasteiger charge is -2.23. The molecular weight excluding hydrogens is 446 g/mol. The molecule has 8 heteroatoms. The van der Waals surface area contributed by atoms with Crippen molar-refractivity contribution in [2.24, 2.45) is 11.8 Å². The van der Waals surface area contributed by atoms with Crippen LogP contribution in [0.4, 0.5) is 0 Å². The van der Waals surface area contributed by atoms with E-state index in [1.807, 2.05) is 54.7 Å². The first-order valence-corrected chi connectivity index (χ1v) is 12.0. The van der Waals surface area contributed by atoms with Crippen LogP contribution >= 0.6 is 0 Å². The van der Waals surface area contributed by atoms with Crippen LogP contribution in [-0.2, 0) is 27.3 Å². The molecule has 4 aliphatic rings. The number of likely N-dealkylation sites (tertiary alicyclic amines) is 1. The zero-order valence-electron chi connectivity index (χ0n) is 19.0. The predicted octanol–water partition coefficient (Wildman–Crippen LogP) is 2.54. The maximum Gasteiger partial charge on any atom is 0.231 e. The van der Waals surface area contributed by atoms with Crippen molar-refractivity contribution in [3.63, 3.8) is 0 Å². The van der Waals surface area contributed by atoms with Crippen LogP contribution in [0.2, 0.25) is 0 Å². The largest absolute Gasteiger partial charge is 0.454 e. The van der Waals surface area contributed by atoms with Gasteiger partial charge >= 0.3 is 0 Å². The van der Waals surface area contributed by atoms with Gasteiger partial charge in [0, 0.05) is 30.2 Å². The van der Waals surface area contributed by atoms with Crippen molar-refractivity contribution in [2.45, 2.75) is 24.7 Å². The highest BCUT2D eigenvalue weighted by Gasteiger charge is 2.66. The summed E-state index contributed by atoms with van der Waals surface area (Å²) in [6, 6.07) is 13.8. The molecule has 7 rings (SSSR count). The van der Waals surface area contributed by atoms with Gasteiger partial charge in [0.15, 0.2) is 11.5 Å². The summed E-state index contributed by atoms with van der Waals surface area (Å²) >= 11 is 0. The highest BCUT2D eigenvalue weighted by molar-refractivity contribution is 5.93. The summed E-state index contributed by atoms with van der Waals surface area (Å²) in [7, 11) is 0. The molecule has 2 aromatic carbocycles. The van der Waals surface area contributed by atoms with Gasteiger partial charge in [0.1, 0.15) is 5.60 Å². The number of H-pyrrole nitrogens is 1. The highest BCUT2D eigenvalue weighted by atomic mass is 16.7. The smallest absolute Gasteiger partial charge is 0.231 e. The minimum Gasteiger partial charge on any atom is -0.454 e. The van der Waals surface area contributed by atoms with Crippen LogP contribution < -0.4 is 14.8 Å². The molecule has 0 aliphatic carbocycles. The number of carbonyl (C=O) groups excluding carboxylic acids is 2. The summed E-state index contributed by atoms with van der Waals surface area (Å²) in [6.07, 6.45) is 6.27. The third-order valence-electron chi connectivity index (χ3n) is 7.66. The molecule has 3 unspecified atom stereocenters. The topological polar surface area (TPSA) is 92.9 Å². The summed E-state index contributed by atoms with van der Waals surface area (Å²) in [6.45, 7) is 1.59. The van der Waals surface area contributed by atoms with E-state index in [1.54, 1.807) is 4.90 Å². The van der Waals surface area contributed by atoms with Gasteiger partial charge in [0.05, 0.1) is 24.5 Å². The van der Waals surface area contributed by atoms with E-state index in [0.29, 0.717) is 37.6 Å². The zero-order valence-corrected chi connectivity index (χ0v) is 19.0. The van der Waals surface area contributed by atoms with Crippen LogP contribution in [0.15, 0.2) is 60.8 Å². The summed E-state index contributed by atoms with van der Waals surface area (Å²) in [5.41, 5.74) is 2.48. The summed E-state index contributed by atoms with van der Waals surface area (Å²) in [5.74, 6) is 0.232. The average molecular weight is 472 g/mol. The minimum absolute atomic E-state index is 0.0358. The summed E-state index contributed by atoms with van der Waals surface area (Å²) in [5, 5.41) is 4.23. The molecule has 2 saturated heterocycles. The standard InChI is InChI=1S/C27H25N3O5/c31-25(28-10-8-17-12-29-19-4-2-1-3-18(17)19)23-21-7-9-27(35-21)14-30(26(32)24(23)27)13-16-5-6-20-22(11-16)34-15-33-20/h1-7,9,11-12,21,23-24,29H,8,10,13-15H2,(H,28,31)/t21-,23?,24?,27?/m0/s1. The number of nitrogens with one attached hydrogen (secondary N) is 2. The third kappa shape index (κ3) is 3.16. The van der Waals surface area contributed by atoms with E-state index in [-0.39, 0.29) is 24.7 Å². The Morgan fingerprint density at radius 3 is 3.00 bits per heavy atom. The number of para-hydroxylation sites is 1. The average Bonchev–Trinajstić information content (AvgIpc) is 3.67. The fraction of sp³-hybridized carbons (Fsp3) is 0.333. The van der Waals surface area contributed by atoms with Crippen molar-refractivity contribution in [2.75, 3.05) is 19.9 Å². The van der Waals surface area contributed by atoms with Crippen LogP contribution in [0.3, 0.4) is 0 Å². The van der Waals surface area contributed by atoms with E-state index < -0.39 is 17.4 Å². The molecule has 2 amide bonds.